The van der Waals surface area contributed by atoms with Crippen LogP contribution in [0.25, 0.3) is 0 Å². The average molecular weight is 273 g/mol. The van der Waals surface area contributed by atoms with Crippen molar-refractivity contribution in [2.45, 2.75) is 38.6 Å². The standard InChI is InChI=1S/C15H19N3S/c1-2-18-15(12-8-16-10-17-9-12)14-7-11-5-3-4-6-13(11)19-14/h7-10,15,18H,2-6H2,1H3. The van der Waals surface area contributed by atoms with E-state index in [0.717, 1.165) is 12.1 Å². The molecule has 0 bridgehead atoms. The molecule has 100 valence electrons. The van der Waals surface area contributed by atoms with Crippen LogP contribution in [0.2, 0.25) is 0 Å². The van der Waals surface area contributed by atoms with Crippen LogP contribution in [0.5, 0.6) is 0 Å². The molecule has 0 fully saturated rings. The predicted octanol–water partition coefficient (Wildman–Crippen LogP) is 3.12. The van der Waals surface area contributed by atoms with Gasteiger partial charge in [-0.15, -0.1) is 11.3 Å². The summed E-state index contributed by atoms with van der Waals surface area (Å²) in [6.07, 6.45) is 10.6. The Bertz CT molecular complexity index is 512. The molecular weight excluding hydrogens is 254 g/mol. The molecule has 2 heterocycles. The predicted molar refractivity (Wildman–Crippen MR) is 78.5 cm³/mol. The second-order valence-electron chi connectivity index (χ2n) is 4.97. The Morgan fingerprint density at radius 1 is 1.26 bits per heavy atom. The summed E-state index contributed by atoms with van der Waals surface area (Å²) in [5, 5.41) is 3.55. The van der Waals surface area contributed by atoms with E-state index >= 15 is 0 Å². The molecule has 2 aromatic rings. The van der Waals surface area contributed by atoms with Crippen LogP contribution in [0.1, 0.15) is 46.7 Å². The van der Waals surface area contributed by atoms with E-state index < -0.39 is 0 Å². The van der Waals surface area contributed by atoms with Gasteiger partial charge >= 0.3 is 0 Å². The number of hydrogen-bond donors (Lipinski definition) is 1. The van der Waals surface area contributed by atoms with Crippen LogP contribution >= 0.6 is 11.3 Å². The highest BCUT2D eigenvalue weighted by atomic mass is 32.1. The molecule has 0 saturated carbocycles. The Morgan fingerprint density at radius 3 is 2.79 bits per heavy atom. The number of fused-ring (bicyclic) bond motifs is 1. The Morgan fingerprint density at radius 2 is 2.05 bits per heavy atom. The quantitative estimate of drug-likeness (QED) is 0.930. The minimum absolute atomic E-state index is 0.238. The Labute approximate surface area is 118 Å². The highest BCUT2D eigenvalue weighted by molar-refractivity contribution is 7.12. The van der Waals surface area contributed by atoms with Gasteiger partial charge in [0.05, 0.1) is 6.04 Å². The fraction of sp³-hybridized carbons (Fsp3) is 0.467. The molecule has 4 heteroatoms. The van der Waals surface area contributed by atoms with Crippen molar-refractivity contribution in [2.24, 2.45) is 0 Å². The summed E-state index contributed by atoms with van der Waals surface area (Å²) in [6.45, 7) is 3.09. The number of thiophene rings is 1. The summed E-state index contributed by atoms with van der Waals surface area (Å²) in [4.78, 5) is 11.3. The third-order valence-corrected chi connectivity index (χ3v) is 4.92. The van der Waals surface area contributed by atoms with E-state index in [9.17, 15) is 0 Å². The first-order valence-corrected chi connectivity index (χ1v) is 7.80. The number of nitrogens with one attached hydrogen (secondary N) is 1. The van der Waals surface area contributed by atoms with Gasteiger partial charge in [0.25, 0.3) is 0 Å². The third-order valence-electron chi connectivity index (χ3n) is 3.62. The van der Waals surface area contributed by atoms with Crippen molar-refractivity contribution in [3.63, 3.8) is 0 Å². The summed E-state index contributed by atoms with van der Waals surface area (Å²) < 4.78 is 0. The van der Waals surface area contributed by atoms with Gasteiger partial charge in [0.1, 0.15) is 6.33 Å². The lowest BCUT2D eigenvalue weighted by Crippen LogP contribution is -2.21. The van der Waals surface area contributed by atoms with Crippen molar-refractivity contribution in [1.82, 2.24) is 15.3 Å². The zero-order valence-electron chi connectivity index (χ0n) is 11.2. The Hall–Kier alpha value is -1.26. The van der Waals surface area contributed by atoms with Crippen molar-refractivity contribution < 1.29 is 0 Å². The van der Waals surface area contributed by atoms with Crippen LogP contribution < -0.4 is 5.32 Å². The van der Waals surface area contributed by atoms with Crippen molar-refractivity contribution in [1.29, 1.82) is 0 Å². The Balaban J connectivity index is 1.94. The molecule has 3 rings (SSSR count). The number of rotatable bonds is 4. The van der Waals surface area contributed by atoms with Crippen LogP contribution in [0.3, 0.4) is 0 Å². The maximum Gasteiger partial charge on any atom is 0.115 e. The van der Waals surface area contributed by atoms with E-state index in [1.54, 1.807) is 16.8 Å². The first-order chi connectivity index (χ1) is 9.38. The average Bonchev–Trinajstić information content (AvgIpc) is 2.89. The number of hydrogen-bond acceptors (Lipinski definition) is 4. The van der Waals surface area contributed by atoms with Crippen LogP contribution in [0.15, 0.2) is 24.8 Å². The van der Waals surface area contributed by atoms with Crippen LogP contribution in [-0.2, 0) is 12.8 Å². The van der Waals surface area contributed by atoms with Gasteiger partial charge in [0.2, 0.25) is 0 Å². The van der Waals surface area contributed by atoms with E-state index in [-0.39, 0.29) is 6.04 Å². The Kier molecular flexibility index (Phi) is 3.89. The van der Waals surface area contributed by atoms with Crippen molar-refractivity contribution in [3.05, 3.63) is 45.7 Å². The fourth-order valence-electron chi connectivity index (χ4n) is 2.70. The number of aryl methyl sites for hydroxylation is 2. The molecule has 19 heavy (non-hydrogen) atoms. The molecule has 1 unspecified atom stereocenters. The highest BCUT2D eigenvalue weighted by Crippen LogP contribution is 2.34. The van der Waals surface area contributed by atoms with E-state index in [2.05, 4.69) is 28.3 Å². The molecule has 1 atom stereocenters. The van der Waals surface area contributed by atoms with Crippen LogP contribution in [0, 0.1) is 0 Å². The second kappa shape index (κ2) is 5.80. The van der Waals surface area contributed by atoms with Gasteiger partial charge in [-0.3, -0.25) is 0 Å². The van der Waals surface area contributed by atoms with Crippen molar-refractivity contribution in [3.8, 4) is 0 Å². The first kappa shape index (κ1) is 12.8. The smallest absolute Gasteiger partial charge is 0.115 e. The van der Waals surface area contributed by atoms with E-state index in [0.29, 0.717) is 0 Å². The van der Waals surface area contributed by atoms with E-state index in [4.69, 9.17) is 0 Å². The topological polar surface area (TPSA) is 37.8 Å². The zero-order chi connectivity index (χ0) is 13.1. The largest absolute Gasteiger partial charge is 0.306 e. The van der Waals surface area contributed by atoms with Gasteiger partial charge < -0.3 is 5.32 Å². The second-order valence-corrected chi connectivity index (χ2v) is 6.14. The minimum Gasteiger partial charge on any atom is -0.306 e. The molecule has 1 N–H and O–H groups in total. The molecule has 0 amide bonds. The molecule has 2 aromatic heterocycles. The van der Waals surface area contributed by atoms with Gasteiger partial charge in [0.15, 0.2) is 0 Å². The van der Waals surface area contributed by atoms with Crippen molar-refractivity contribution >= 4 is 11.3 Å². The van der Waals surface area contributed by atoms with Gasteiger partial charge in [-0.05, 0) is 43.9 Å². The molecular formula is C15H19N3S. The summed E-state index contributed by atoms with van der Waals surface area (Å²) in [5.41, 5.74) is 2.72. The normalized spacial score (nSPS) is 16.1. The summed E-state index contributed by atoms with van der Waals surface area (Å²) in [5.74, 6) is 0. The van der Waals surface area contributed by atoms with E-state index in [1.807, 2.05) is 23.7 Å². The molecule has 0 spiro atoms. The maximum atomic E-state index is 4.15. The maximum absolute atomic E-state index is 4.15. The SMILES string of the molecule is CCNC(c1cncnc1)c1cc2c(s1)CCCC2. The lowest BCUT2D eigenvalue weighted by Gasteiger charge is -2.15. The molecule has 1 aliphatic carbocycles. The summed E-state index contributed by atoms with van der Waals surface area (Å²) in [6, 6.07) is 2.63. The first-order valence-electron chi connectivity index (χ1n) is 6.98. The summed E-state index contributed by atoms with van der Waals surface area (Å²) >= 11 is 1.96. The van der Waals surface area contributed by atoms with Gasteiger partial charge in [-0.1, -0.05) is 6.92 Å². The molecule has 3 nitrogen and oxygen atoms in total. The fourth-order valence-corrected chi connectivity index (χ4v) is 4.06. The lowest BCUT2D eigenvalue weighted by atomic mass is 9.98. The number of aromatic nitrogens is 2. The van der Waals surface area contributed by atoms with Crippen LogP contribution in [0.4, 0.5) is 0 Å². The number of nitrogens with zero attached hydrogens (tertiary/aromatic N) is 2. The molecule has 0 aromatic carbocycles. The minimum atomic E-state index is 0.238. The van der Waals surface area contributed by atoms with Gasteiger partial charge in [-0.25, -0.2) is 9.97 Å². The molecule has 1 aliphatic rings. The monoisotopic (exact) mass is 273 g/mol. The summed E-state index contributed by atoms with van der Waals surface area (Å²) in [7, 11) is 0. The molecule has 0 aliphatic heterocycles. The van der Waals surface area contributed by atoms with Crippen LogP contribution in [-0.4, -0.2) is 16.5 Å². The molecule has 0 radical (unpaired) electrons. The van der Waals surface area contributed by atoms with Gasteiger partial charge in [0, 0.05) is 27.7 Å². The third kappa shape index (κ3) is 2.69. The lowest BCUT2D eigenvalue weighted by molar-refractivity contribution is 0.634. The molecule has 0 saturated heterocycles. The van der Waals surface area contributed by atoms with E-state index in [1.165, 1.54) is 30.6 Å². The highest BCUT2D eigenvalue weighted by Gasteiger charge is 2.20. The zero-order valence-corrected chi connectivity index (χ0v) is 12.0. The van der Waals surface area contributed by atoms with Crippen molar-refractivity contribution in [2.75, 3.05) is 6.54 Å². The van der Waals surface area contributed by atoms with Gasteiger partial charge in [-0.2, -0.15) is 0 Å².